The van der Waals surface area contributed by atoms with Gasteiger partial charge in [0.05, 0.1) is 0 Å². The first-order chi connectivity index (χ1) is 3.33. The molecule has 0 aliphatic carbocycles. The van der Waals surface area contributed by atoms with Crippen LogP contribution in [0.15, 0.2) is 0 Å². The first-order valence-corrected chi connectivity index (χ1v) is 2.31. The topological polar surface area (TPSA) is 58.7 Å². The molecule has 0 aromatic heterocycles. The van der Waals surface area contributed by atoms with E-state index in [1.807, 2.05) is 0 Å². The van der Waals surface area contributed by atoms with Gasteiger partial charge in [-0.05, 0) is 0 Å². The van der Waals surface area contributed by atoms with Gasteiger partial charge in [0.15, 0.2) is 0 Å². The molecule has 0 N–H and O–H groups in total. The average molecular weight is 218 g/mol. The fourth-order valence-corrected chi connectivity index (χ4v) is 0. The first kappa shape index (κ1) is 15.7. The van der Waals surface area contributed by atoms with Crippen LogP contribution in [-0.2, 0) is 0 Å². The van der Waals surface area contributed by atoms with Crippen LogP contribution in [-0.4, -0.2) is 25.8 Å². The molecule has 0 atom stereocenters. The predicted molar refractivity (Wildman–Crippen MR) is 40.6 cm³/mol. The molecule has 0 bridgehead atoms. The molecule has 0 heterocycles. The van der Waals surface area contributed by atoms with E-state index in [1.165, 1.54) is 17.8 Å². The Balaban J connectivity index is -0.0000000575. The summed E-state index contributed by atoms with van der Waals surface area (Å²) in [6.45, 7) is 4.36. The molecule has 3 nitrogen and oxygen atoms in total. The summed E-state index contributed by atoms with van der Waals surface area (Å²) in [7, 11) is 0. The van der Waals surface area contributed by atoms with Gasteiger partial charge in [-0.25, -0.2) is 0 Å². The first-order valence-electron chi connectivity index (χ1n) is 2.31. The predicted octanol–water partition coefficient (Wildman–Crippen LogP) is 1.49. The van der Waals surface area contributed by atoms with E-state index in [-0.39, 0.29) is 25.8 Å². The van der Waals surface area contributed by atoms with Crippen LogP contribution in [0.1, 0.15) is 26.7 Å². The van der Waals surface area contributed by atoms with Gasteiger partial charge in [-0.2, -0.15) is 0 Å². The standard InChI is InChI=1S/C4H10.In.N3.3H/c1-3-4-2;;1-3-2;;;/h3-4H2,1-2H3;;;;;/q;;-1;;;. The minimum atomic E-state index is 0. The van der Waals surface area contributed by atoms with E-state index in [2.05, 4.69) is 13.8 Å². The molecular weight excluding hydrogens is 205 g/mol. The van der Waals surface area contributed by atoms with Crippen LogP contribution >= 0.6 is 0 Å². The van der Waals surface area contributed by atoms with Crippen molar-refractivity contribution in [3.8, 4) is 0 Å². The fraction of sp³-hybridized carbons (Fsp3) is 1.00. The van der Waals surface area contributed by atoms with E-state index in [9.17, 15) is 0 Å². The number of nitrogens with zero attached hydrogens (tertiary/aromatic N) is 3. The molecule has 0 amide bonds. The number of hydrogen-bond acceptors (Lipinski definition) is 0. The zero-order chi connectivity index (χ0) is 6.12. The second-order valence-electron chi connectivity index (χ2n) is 1.09. The smallest absolute Gasteiger partial charge is 0.255 e. The molecule has 0 aliphatic rings. The molecule has 0 fully saturated rings. The van der Waals surface area contributed by atoms with Crippen molar-refractivity contribution in [3.63, 3.8) is 0 Å². The molecule has 0 radical (unpaired) electrons. The van der Waals surface area contributed by atoms with E-state index < -0.39 is 0 Å². The number of unbranched alkanes of at least 4 members (excludes halogenated alkanes) is 1. The van der Waals surface area contributed by atoms with Crippen LogP contribution in [0.4, 0.5) is 0 Å². The Morgan fingerprint density at radius 2 is 1.25 bits per heavy atom. The zero-order valence-corrected chi connectivity index (χ0v) is 4.76. The van der Waals surface area contributed by atoms with Crippen LogP contribution in [0.25, 0.3) is 16.0 Å². The van der Waals surface area contributed by atoms with Gasteiger partial charge in [0, 0.05) is 0 Å². The third kappa shape index (κ3) is 119. The van der Waals surface area contributed by atoms with Crippen molar-refractivity contribution in [1.82, 2.24) is 0 Å². The number of rotatable bonds is 1. The van der Waals surface area contributed by atoms with E-state index >= 15 is 0 Å². The molecule has 0 spiro atoms. The van der Waals surface area contributed by atoms with Gasteiger partial charge >= 0.3 is 25.8 Å². The van der Waals surface area contributed by atoms with E-state index in [4.69, 9.17) is 11.1 Å². The molecule has 48 valence electrons. The molecule has 0 saturated heterocycles. The molecule has 4 heteroatoms. The van der Waals surface area contributed by atoms with Gasteiger partial charge in [-0.3, -0.25) is 4.91 Å². The van der Waals surface area contributed by atoms with Gasteiger partial charge in [0.25, 0.3) is 0 Å². The summed E-state index contributed by atoms with van der Waals surface area (Å²) < 4.78 is 0. The minimum absolute atomic E-state index is 0. The summed E-state index contributed by atoms with van der Waals surface area (Å²) in [4.78, 5) is 1.50. The van der Waals surface area contributed by atoms with Crippen molar-refractivity contribution < 1.29 is 0 Å². The van der Waals surface area contributed by atoms with Crippen LogP contribution in [0.2, 0.25) is 0 Å². The van der Waals surface area contributed by atoms with Gasteiger partial charge in [-0.1, -0.05) is 26.7 Å². The summed E-state index contributed by atoms with van der Waals surface area (Å²) in [5, 5.41) is 0. The maximum absolute atomic E-state index is 6.75. The van der Waals surface area contributed by atoms with Crippen molar-refractivity contribution in [3.05, 3.63) is 16.0 Å². The molecule has 0 aromatic carbocycles. The molecular formula is C4H13InN3-. The van der Waals surface area contributed by atoms with Crippen LogP contribution < -0.4 is 0 Å². The Kier molecular flexibility index (Phi) is 53.3. The van der Waals surface area contributed by atoms with E-state index in [1.54, 1.807) is 0 Å². The Morgan fingerprint density at radius 1 is 1.12 bits per heavy atom. The Morgan fingerprint density at radius 3 is 1.25 bits per heavy atom. The largest absolute Gasteiger partial charge is 0.373 e. The van der Waals surface area contributed by atoms with Gasteiger partial charge in [0.1, 0.15) is 0 Å². The van der Waals surface area contributed by atoms with Gasteiger partial charge in [-0.15, -0.1) is 0 Å². The third-order valence-electron chi connectivity index (χ3n) is 0.500. The normalized spacial score (nSPS) is 4.75. The van der Waals surface area contributed by atoms with E-state index in [0.29, 0.717) is 0 Å². The summed E-state index contributed by atoms with van der Waals surface area (Å²) in [6, 6.07) is 0. The van der Waals surface area contributed by atoms with E-state index in [0.717, 1.165) is 0 Å². The molecule has 0 aromatic rings. The summed E-state index contributed by atoms with van der Waals surface area (Å²) >= 11 is 0. The Hall–Kier alpha value is 0.180. The quantitative estimate of drug-likeness (QED) is 0.363. The maximum atomic E-state index is 6.75. The van der Waals surface area contributed by atoms with Crippen molar-refractivity contribution in [2.75, 3.05) is 0 Å². The van der Waals surface area contributed by atoms with Crippen LogP contribution in [0.5, 0.6) is 0 Å². The SMILES string of the molecule is CCCC.[InH3].[N-]=[N+]=[N-]. The van der Waals surface area contributed by atoms with Crippen molar-refractivity contribution in [1.29, 1.82) is 0 Å². The Bertz CT molecular complexity index is 47.2. The maximum Gasteiger partial charge on any atom is -0.255 e. The molecule has 0 saturated carbocycles. The second-order valence-corrected chi connectivity index (χ2v) is 1.09. The van der Waals surface area contributed by atoms with Crippen molar-refractivity contribution in [2.45, 2.75) is 26.7 Å². The molecule has 8 heavy (non-hydrogen) atoms. The summed E-state index contributed by atoms with van der Waals surface area (Å²) in [5.74, 6) is 0. The number of hydrogen-bond donors (Lipinski definition) is 0. The molecule has 0 aliphatic heterocycles. The van der Waals surface area contributed by atoms with Crippen LogP contribution in [0, 0.1) is 0 Å². The Labute approximate surface area is 68.7 Å². The average Bonchev–Trinajstić information content (AvgIpc) is 1.69. The summed E-state index contributed by atoms with van der Waals surface area (Å²) in [6.07, 6.45) is 2.64. The molecule has 0 rings (SSSR count). The third-order valence-corrected chi connectivity index (χ3v) is 0.500. The second kappa shape index (κ2) is 27.1. The fourth-order valence-electron chi connectivity index (χ4n) is 0. The van der Waals surface area contributed by atoms with Crippen LogP contribution in [0.3, 0.4) is 0 Å². The van der Waals surface area contributed by atoms with Gasteiger partial charge in [0.2, 0.25) is 0 Å². The summed E-state index contributed by atoms with van der Waals surface area (Å²) in [5.41, 5.74) is 13.5. The monoisotopic (exact) mass is 218 g/mol. The van der Waals surface area contributed by atoms with Crippen molar-refractivity contribution in [2.24, 2.45) is 0 Å². The van der Waals surface area contributed by atoms with Crippen molar-refractivity contribution >= 4 is 25.8 Å². The zero-order valence-electron chi connectivity index (χ0n) is 4.76. The molecule has 0 unspecified atom stereocenters. The van der Waals surface area contributed by atoms with Gasteiger partial charge < -0.3 is 11.1 Å². The minimum Gasteiger partial charge on any atom is -0.373 e.